The van der Waals surface area contributed by atoms with E-state index >= 15 is 0 Å². The zero-order valence-corrected chi connectivity index (χ0v) is 18.5. The van der Waals surface area contributed by atoms with Crippen LogP contribution in [0.4, 0.5) is 5.69 Å². The lowest BCUT2D eigenvalue weighted by Crippen LogP contribution is -2.15. The number of benzene rings is 2. The van der Waals surface area contributed by atoms with Crippen molar-refractivity contribution in [1.29, 1.82) is 0 Å². The fourth-order valence-electron chi connectivity index (χ4n) is 2.82. The van der Waals surface area contributed by atoms with E-state index in [0.717, 1.165) is 5.56 Å². The Balaban J connectivity index is 1.78. The molecule has 0 bridgehead atoms. The molecule has 0 spiro atoms. The van der Waals surface area contributed by atoms with E-state index in [9.17, 15) is 8.42 Å². The monoisotopic (exact) mass is 497 g/mol. The van der Waals surface area contributed by atoms with Crippen molar-refractivity contribution in [3.8, 4) is 11.8 Å². The highest BCUT2D eigenvalue weighted by Gasteiger charge is 2.23. The number of rotatable bonds is 3. The molecule has 0 fully saturated rings. The number of pyridine rings is 2. The Kier molecular flexibility index (Phi) is 5.73. The van der Waals surface area contributed by atoms with Crippen molar-refractivity contribution in [3.63, 3.8) is 0 Å². The van der Waals surface area contributed by atoms with E-state index in [1.165, 1.54) is 0 Å². The molecule has 2 aromatic carbocycles. The molecule has 0 aliphatic carbocycles. The van der Waals surface area contributed by atoms with Gasteiger partial charge in [0.25, 0.3) is 10.0 Å². The molecule has 0 radical (unpaired) electrons. The normalized spacial score (nSPS) is 11.0. The predicted octanol–water partition coefficient (Wildman–Crippen LogP) is 5.25. The van der Waals surface area contributed by atoms with Gasteiger partial charge >= 0.3 is 0 Å². The lowest BCUT2D eigenvalue weighted by molar-refractivity contribution is 0.601. The lowest BCUT2D eigenvalue weighted by atomic mass is 10.2. The first-order chi connectivity index (χ1) is 14.4. The average molecular weight is 499 g/mol. The molecule has 2 aromatic heterocycles. The van der Waals surface area contributed by atoms with E-state index in [0.29, 0.717) is 21.1 Å². The number of hydrogen-bond donors (Lipinski definition) is 1. The van der Waals surface area contributed by atoms with Crippen molar-refractivity contribution < 1.29 is 8.42 Å². The van der Waals surface area contributed by atoms with Crippen LogP contribution in [0.1, 0.15) is 11.1 Å². The van der Waals surface area contributed by atoms with Gasteiger partial charge in [0.2, 0.25) is 0 Å². The summed E-state index contributed by atoms with van der Waals surface area (Å²) >= 11 is 9.35. The Hall–Kier alpha value is -2.92. The van der Waals surface area contributed by atoms with Crippen LogP contribution >= 0.6 is 27.5 Å². The van der Waals surface area contributed by atoms with Gasteiger partial charge in [0.15, 0.2) is 0 Å². The zero-order chi connectivity index (χ0) is 21.1. The Morgan fingerprint density at radius 3 is 2.57 bits per heavy atom. The molecule has 0 saturated carbocycles. The summed E-state index contributed by atoms with van der Waals surface area (Å²) in [5.74, 6) is 5.99. The Morgan fingerprint density at radius 1 is 0.967 bits per heavy atom. The van der Waals surface area contributed by atoms with Gasteiger partial charge in [0, 0.05) is 33.4 Å². The summed E-state index contributed by atoms with van der Waals surface area (Å²) in [5, 5.41) is 0.868. The summed E-state index contributed by atoms with van der Waals surface area (Å²) in [6.07, 6.45) is 3.30. The zero-order valence-electron chi connectivity index (χ0n) is 15.3. The molecule has 0 unspecified atom stereocenters. The molecule has 1 N–H and O–H groups in total. The van der Waals surface area contributed by atoms with Gasteiger partial charge in [-0.3, -0.25) is 9.71 Å². The Bertz CT molecular complexity index is 1410. The number of anilines is 1. The van der Waals surface area contributed by atoms with Crippen LogP contribution in [0.3, 0.4) is 0 Å². The maximum absolute atomic E-state index is 13.3. The first-order valence-electron chi connectivity index (χ1n) is 8.73. The third-order valence-electron chi connectivity index (χ3n) is 4.18. The first-order valence-corrected chi connectivity index (χ1v) is 11.4. The molecule has 4 rings (SSSR count). The van der Waals surface area contributed by atoms with Gasteiger partial charge in [0.05, 0.1) is 11.2 Å². The molecule has 0 saturated heterocycles. The third kappa shape index (κ3) is 4.31. The van der Waals surface area contributed by atoms with Gasteiger partial charge in [-0.2, -0.15) is 0 Å². The average Bonchev–Trinajstić information content (AvgIpc) is 2.73. The topological polar surface area (TPSA) is 72.0 Å². The summed E-state index contributed by atoms with van der Waals surface area (Å²) in [7, 11) is -3.99. The van der Waals surface area contributed by atoms with Gasteiger partial charge in [0.1, 0.15) is 10.0 Å². The number of sulfonamides is 1. The van der Waals surface area contributed by atoms with Crippen molar-refractivity contribution in [2.45, 2.75) is 4.90 Å². The number of nitrogens with zero attached hydrogens (tertiary/aromatic N) is 2. The highest BCUT2D eigenvalue weighted by Crippen LogP contribution is 2.32. The third-order valence-corrected chi connectivity index (χ3v) is 6.75. The molecule has 2 heterocycles. The molecular formula is C22H13BrClN3O2S. The molecule has 0 aliphatic rings. The van der Waals surface area contributed by atoms with Crippen LogP contribution in [-0.2, 0) is 10.0 Å². The second-order valence-corrected chi connectivity index (χ2v) is 9.09. The number of halogens is 2. The summed E-state index contributed by atoms with van der Waals surface area (Å²) in [6, 6.07) is 17.3. The van der Waals surface area contributed by atoms with Crippen molar-refractivity contribution in [3.05, 3.63) is 93.8 Å². The van der Waals surface area contributed by atoms with Crippen molar-refractivity contribution in [2.75, 3.05) is 4.72 Å². The smallest absolute Gasteiger partial charge is 0.265 e. The number of nitrogens with one attached hydrogen (secondary N) is 1. The van der Waals surface area contributed by atoms with Crippen LogP contribution in [0.15, 0.2) is 82.4 Å². The molecule has 0 atom stereocenters. The summed E-state index contributed by atoms with van der Waals surface area (Å²) in [4.78, 5) is 8.26. The van der Waals surface area contributed by atoms with E-state index in [4.69, 9.17) is 11.6 Å². The lowest BCUT2D eigenvalue weighted by Gasteiger charge is -2.13. The van der Waals surface area contributed by atoms with E-state index < -0.39 is 10.0 Å². The van der Waals surface area contributed by atoms with E-state index in [1.807, 2.05) is 6.07 Å². The fourth-order valence-corrected chi connectivity index (χ4v) is 5.24. The van der Waals surface area contributed by atoms with Crippen molar-refractivity contribution >= 4 is 54.1 Å². The van der Waals surface area contributed by atoms with Gasteiger partial charge < -0.3 is 0 Å². The maximum atomic E-state index is 13.3. The van der Waals surface area contributed by atoms with Crippen LogP contribution in [0, 0.1) is 11.8 Å². The van der Waals surface area contributed by atoms with Gasteiger partial charge in [-0.05, 0) is 58.4 Å². The second-order valence-electron chi connectivity index (χ2n) is 6.22. The molecule has 30 heavy (non-hydrogen) atoms. The number of para-hydroxylation sites is 1. The van der Waals surface area contributed by atoms with Gasteiger partial charge in [-0.1, -0.05) is 41.6 Å². The van der Waals surface area contributed by atoms with Crippen molar-refractivity contribution in [2.24, 2.45) is 0 Å². The minimum Gasteiger partial charge on any atom is -0.278 e. The Morgan fingerprint density at radius 2 is 1.77 bits per heavy atom. The number of aromatic nitrogens is 2. The van der Waals surface area contributed by atoms with Crippen LogP contribution in [-0.4, -0.2) is 18.4 Å². The van der Waals surface area contributed by atoms with Crippen LogP contribution in [0.25, 0.3) is 10.9 Å². The molecule has 0 aliphatic heterocycles. The molecule has 0 amide bonds. The van der Waals surface area contributed by atoms with E-state index in [2.05, 4.69) is 42.5 Å². The summed E-state index contributed by atoms with van der Waals surface area (Å²) in [6.45, 7) is 0. The minimum absolute atomic E-state index is 0.0116. The van der Waals surface area contributed by atoms with E-state index in [1.54, 1.807) is 67.0 Å². The second kappa shape index (κ2) is 8.44. The maximum Gasteiger partial charge on any atom is 0.265 e. The van der Waals surface area contributed by atoms with Crippen molar-refractivity contribution in [1.82, 2.24) is 9.97 Å². The predicted molar refractivity (Wildman–Crippen MR) is 122 cm³/mol. The van der Waals surface area contributed by atoms with E-state index in [-0.39, 0.29) is 15.6 Å². The van der Waals surface area contributed by atoms with Gasteiger partial charge in [-0.25, -0.2) is 13.4 Å². The quantitative estimate of drug-likeness (QED) is 0.309. The minimum atomic E-state index is -3.99. The highest BCUT2D eigenvalue weighted by molar-refractivity contribution is 9.10. The van der Waals surface area contributed by atoms with Gasteiger partial charge in [-0.15, -0.1) is 0 Å². The van der Waals surface area contributed by atoms with Crippen LogP contribution < -0.4 is 4.72 Å². The number of fused-ring (bicyclic) bond motifs is 1. The summed E-state index contributed by atoms with van der Waals surface area (Å²) < 4.78 is 29.6. The number of hydrogen-bond acceptors (Lipinski definition) is 4. The summed E-state index contributed by atoms with van der Waals surface area (Å²) in [5.41, 5.74) is 1.90. The van der Waals surface area contributed by atoms with Crippen LogP contribution in [0.2, 0.25) is 5.15 Å². The molecule has 5 nitrogen and oxygen atoms in total. The SMILES string of the molecule is O=S(=O)(Nc1ccccc1C#Cc1cccnc1)c1c(Br)ccc2ccc(Cl)nc12. The molecule has 8 heteroatoms. The molecule has 148 valence electrons. The fraction of sp³-hybridized carbons (Fsp3) is 0. The largest absolute Gasteiger partial charge is 0.278 e. The Labute approximate surface area is 187 Å². The highest BCUT2D eigenvalue weighted by atomic mass is 79.9. The first kappa shape index (κ1) is 20.4. The molecule has 4 aromatic rings. The van der Waals surface area contributed by atoms with Crippen LogP contribution in [0.5, 0.6) is 0 Å². The molecular weight excluding hydrogens is 486 g/mol. The standard InChI is InChI=1S/C22H13BrClN3O2S/c23-18-11-9-17-10-12-20(24)26-21(17)22(18)30(28,29)27-19-6-2-1-5-16(19)8-7-15-4-3-13-25-14-15/h1-6,9-14,27H.